The van der Waals surface area contributed by atoms with E-state index in [-0.39, 0.29) is 22.3 Å². The van der Waals surface area contributed by atoms with Crippen molar-refractivity contribution in [1.29, 1.82) is 0 Å². The Morgan fingerprint density at radius 1 is 1.03 bits per heavy atom. The van der Waals surface area contributed by atoms with Crippen molar-refractivity contribution in [2.75, 3.05) is 33.3 Å². The van der Waals surface area contributed by atoms with Gasteiger partial charge in [0.05, 0.1) is 28.6 Å². The van der Waals surface area contributed by atoms with Gasteiger partial charge in [0, 0.05) is 32.1 Å². The Morgan fingerprint density at radius 2 is 1.80 bits per heavy atom. The molecular weight excluding hydrogens is 464 g/mol. The van der Waals surface area contributed by atoms with E-state index in [1.807, 2.05) is 24.3 Å². The Labute approximate surface area is 206 Å². The fourth-order valence-electron chi connectivity index (χ4n) is 5.17. The van der Waals surface area contributed by atoms with Gasteiger partial charge in [-0.2, -0.15) is 4.31 Å². The molecule has 3 heterocycles. The number of sulfonamides is 1. The van der Waals surface area contributed by atoms with Crippen LogP contribution in [0, 0.1) is 0 Å². The van der Waals surface area contributed by atoms with Gasteiger partial charge in [0.25, 0.3) is 5.91 Å². The number of nitrogens with zero attached hydrogens (tertiary/aromatic N) is 3. The average Bonchev–Trinajstić information content (AvgIpc) is 3.13. The van der Waals surface area contributed by atoms with Gasteiger partial charge < -0.3 is 14.6 Å². The van der Waals surface area contributed by atoms with Gasteiger partial charge in [-0.05, 0) is 56.0 Å². The molecule has 186 valence electrons. The minimum Gasteiger partial charge on any atom is -0.496 e. The maximum Gasteiger partial charge on any atom is 0.257 e. The summed E-state index contributed by atoms with van der Waals surface area (Å²) in [5.41, 5.74) is 2.19. The third kappa shape index (κ3) is 4.79. The average molecular weight is 497 g/mol. The van der Waals surface area contributed by atoms with Crippen molar-refractivity contribution in [3.8, 4) is 5.75 Å². The molecule has 0 spiro atoms. The van der Waals surface area contributed by atoms with Crippen molar-refractivity contribution in [1.82, 2.24) is 19.2 Å². The highest BCUT2D eigenvalue weighted by Gasteiger charge is 2.31. The first-order chi connectivity index (χ1) is 17.0. The van der Waals surface area contributed by atoms with Crippen molar-refractivity contribution in [2.45, 2.75) is 49.3 Å². The van der Waals surface area contributed by atoms with Crippen LogP contribution in [-0.4, -0.2) is 66.8 Å². The lowest BCUT2D eigenvalue weighted by Gasteiger charge is -2.32. The summed E-state index contributed by atoms with van der Waals surface area (Å²) in [5, 5.41) is 0. The van der Waals surface area contributed by atoms with Gasteiger partial charge in [-0.1, -0.05) is 25.0 Å². The maximum absolute atomic E-state index is 13.6. The van der Waals surface area contributed by atoms with Gasteiger partial charge in [-0.3, -0.25) is 4.79 Å². The molecule has 35 heavy (non-hydrogen) atoms. The number of fused-ring (bicyclic) bond motifs is 1. The van der Waals surface area contributed by atoms with Gasteiger partial charge in [0.1, 0.15) is 11.6 Å². The third-order valence-corrected chi connectivity index (χ3v) is 9.00. The Bertz CT molecular complexity index is 1280. The number of carbonyl (C=O) groups is 1. The molecule has 8 nitrogen and oxygen atoms in total. The standard InChI is InChI=1S/C26H32N4O4S/c1-34-24-13-12-20(35(32,33)30-15-6-2-3-7-16-30)17-21(24)26(31)29-14-8-9-19(18-29)25-27-22-10-4-5-11-23(22)28-25/h4-5,10-13,17,19H,2-3,6-9,14-16,18H2,1H3,(H,27,28)/t19-/m1/s1. The monoisotopic (exact) mass is 496 g/mol. The van der Waals surface area contributed by atoms with E-state index in [9.17, 15) is 13.2 Å². The second-order valence-electron chi connectivity index (χ2n) is 9.41. The molecule has 0 saturated carbocycles. The van der Waals surface area contributed by atoms with E-state index in [2.05, 4.69) is 4.98 Å². The van der Waals surface area contributed by atoms with Gasteiger partial charge >= 0.3 is 0 Å². The lowest BCUT2D eigenvalue weighted by molar-refractivity contribution is 0.0701. The summed E-state index contributed by atoms with van der Waals surface area (Å²) in [6.45, 7) is 2.17. The quantitative estimate of drug-likeness (QED) is 0.572. The van der Waals surface area contributed by atoms with E-state index in [1.165, 1.54) is 13.2 Å². The number of carbonyl (C=O) groups excluding carboxylic acids is 1. The minimum absolute atomic E-state index is 0.0927. The largest absolute Gasteiger partial charge is 0.496 e. The molecule has 5 rings (SSSR count). The SMILES string of the molecule is COc1ccc(S(=O)(=O)N2CCCCCC2)cc1C(=O)N1CCC[C@@H](c2nc3ccccc3[nH]2)C1. The maximum atomic E-state index is 13.6. The normalized spacial score (nSPS) is 20.0. The zero-order valence-corrected chi connectivity index (χ0v) is 20.9. The molecular formula is C26H32N4O4S. The molecule has 1 aromatic heterocycles. The number of aromatic nitrogens is 2. The predicted octanol–water partition coefficient (Wildman–Crippen LogP) is 4.16. The first-order valence-corrected chi connectivity index (χ1v) is 13.8. The molecule has 2 aliphatic heterocycles. The number of hydrogen-bond acceptors (Lipinski definition) is 5. The number of benzene rings is 2. The number of para-hydroxylation sites is 2. The molecule has 0 aliphatic carbocycles. The summed E-state index contributed by atoms with van der Waals surface area (Å²) in [5.74, 6) is 1.15. The number of methoxy groups -OCH3 is 1. The van der Waals surface area contributed by atoms with Crippen LogP contribution < -0.4 is 4.74 Å². The van der Waals surface area contributed by atoms with E-state index in [4.69, 9.17) is 9.72 Å². The summed E-state index contributed by atoms with van der Waals surface area (Å²) >= 11 is 0. The van der Waals surface area contributed by atoms with E-state index in [0.717, 1.165) is 55.4 Å². The van der Waals surface area contributed by atoms with Crippen molar-refractivity contribution in [3.63, 3.8) is 0 Å². The highest BCUT2D eigenvalue weighted by Crippen LogP contribution is 2.31. The van der Waals surface area contributed by atoms with Crippen molar-refractivity contribution in [2.24, 2.45) is 0 Å². The van der Waals surface area contributed by atoms with Gasteiger partial charge in [0.15, 0.2) is 0 Å². The van der Waals surface area contributed by atoms with E-state index >= 15 is 0 Å². The Hall–Kier alpha value is -2.91. The van der Waals surface area contributed by atoms with Crippen LogP contribution in [0.3, 0.4) is 0 Å². The number of hydrogen-bond donors (Lipinski definition) is 1. The number of rotatable bonds is 5. The van der Waals surface area contributed by atoms with Gasteiger partial charge in [0.2, 0.25) is 10.0 Å². The fraction of sp³-hybridized carbons (Fsp3) is 0.462. The molecule has 0 bridgehead atoms. The topological polar surface area (TPSA) is 95.6 Å². The minimum atomic E-state index is -3.67. The zero-order valence-electron chi connectivity index (χ0n) is 20.1. The Balaban J connectivity index is 1.40. The lowest BCUT2D eigenvalue weighted by atomic mass is 9.96. The van der Waals surface area contributed by atoms with E-state index in [1.54, 1.807) is 21.3 Å². The lowest BCUT2D eigenvalue weighted by Crippen LogP contribution is -2.39. The van der Waals surface area contributed by atoms with E-state index < -0.39 is 10.0 Å². The summed E-state index contributed by atoms with van der Waals surface area (Å²) in [6, 6.07) is 12.5. The Kier molecular flexibility index (Phi) is 6.80. The summed E-state index contributed by atoms with van der Waals surface area (Å²) < 4.78 is 33.7. The molecule has 0 radical (unpaired) electrons. The van der Waals surface area contributed by atoms with Gasteiger partial charge in [-0.15, -0.1) is 0 Å². The highest BCUT2D eigenvalue weighted by molar-refractivity contribution is 7.89. The number of nitrogens with one attached hydrogen (secondary N) is 1. The fourth-order valence-corrected chi connectivity index (χ4v) is 6.71. The van der Waals surface area contributed by atoms with Crippen LogP contribution in [0.4, 0.5) is 0 Å². The van der Waals surface area contributed by atoms with Crippen LogP contribution in [0.5, 0.6) is 5.75 Å². The van der Waals surface area contributed by atoms with Crippen LogP contribution >= 0.6 is 0 Å². The number of aromatic amines is 1. The Morgan fingerprint density at radius 3 is 2.54 bits per heavy atom. The molecule has 3 aromatic rings. The van der Waals surface area contributed by atoms with Gasteiger partial charge in [-0.25, -0.2) is 13.4 Å². The van der Waals surface area contributed by atoms with Crippen LogP contribution in [0.2, 0.25) is 0 Å². The molecule has 2 aromatic carbocycles. The molecule has 2 aliphatic rings. The number of piperidine rings is 1. The molecule has 9 heteroatoms. The molecule has 1 atom stereocenters. The highest BCUT2D eigenvalue weighted by atomic mass is 32.2. The molecule has 2 fully saturated rings. The first-order valence-electron chi connectivity index (χ1n) is 12.4. The van der Waals surface area contributed by atoms with Crippen LogP contribution in [0.15, 0.2) is 47.4 Å². The second-order valence-corrected chi connectivity index (χ2v) is 11.3. The van der Waals surface area contributed by atoms with E-state index in [0.29, 0.717) is 31.9 Å². The summed E-state index contributed by atoms with van der Waals surface area (Å²) in [7, 11) is -2.17. The second kappa shape index (κ2) is 9.99. The first kappa shape index (κ1) is 23.8. The smallest absolute Gasteiger partial charge is 0.257 e. The molecule has 2 saturated heterocycles. The summed E-state index contributed by atoms with van der Waals surface area (Å²) in [6.07, 6.45) is 5.58. The third-order valence-electron chi connectivity index (χ3n) is 7.11. The van der Waals surface area contributed by atoms with Crippen LogP contribution in [-0.2, 0) is 10.0 Å². The van der Waals surface area contributed by atoms with Crippen molar-refractivity contribution in [3.05, 3.63) is 53.9 Å². The van der Waals surface area contributed by atoms with Crippen molar-refractivity contribution < 1.29 is 17.9 Å². The molecule has 1 N–H and O–H groups in total. The predicted molar refractivity (Wildman–Crippen MR) is 134 cm³/mol. The number of ether oxygens (including phenoxy) is 1. The zero-order chi connectivity index (χ0) is 24.4. The number of amides is 1. The molecule has 1 amide bonds. The number of H-pyrrole nitrogens is 1. The van der Waals surface area contributed by atoms with Crippen LogP contribution in [0.1, 0.15) is 60.6 Å². The summed E-state index contributed by atoms with van der Waals surface area (Å²) in [4.78, 5) is 23.7. The van der Waals surface area contributed by atoms with Crippen molar-refractivity contribution >= 4 is 27.0 Å². The number of likely N-dealkylation sites (tertiary alicyclic amines) is 1. The van der Waals surface area contributed by atoms with Crippen LogP contribution in [0.25, 0.3) is 11.0 Å². The number of imidazole rings is 1. The molecule has 0 unspecified atom stereocenters.